The van der Waals surface area contributed by atoms with Gasteiger partial charge in [-0.1, -0.05) is 18.5 Å². The van der Waals surface area contributed by atoms with Crippen molar-refractivity contribution in [2.24, 2.45) is 11.7 Å². The number of amides is 1. The Balaban J connectivity index is 2.18. The van der Waals surface area contributed by atoms with Gasteiger partial charge < -0.3 is 15.4 Å². The van der Waals surface area contributed by atoms with E-state index < -0.39 is 0 Å². The standard InChI is InChI=1S/C17H25ClN2O2/c1-3-9-22-16-7-6-14(18)10-15(16)17(21)20-8-4-5-13(11-20)12(2)19/h6-7,10,12-13H,3-5,8-9,11,19H2,1-2H3. The van der Waals surface area contributed by atoms with Crippen molar-refractivity contribution in [3.63, 3.8) is 0 Å². The van der Waals surface area contributed by atoms with Crippen molar-refractivity contribution in [2.45, 2.75) is 39.2 Å². The van der Waals surface area contributed by atoms with E-state index in [-0.39, 0.29) is 11.9 Å². The highest BCUT2D eigenvalue weighted by Gasteiger charge is 2.28. The third-order valence-corrected chi connectivity index (χ3v) is 4.36. The Bertz CT molecular complexity index is 519. The smallest absolute Gasteiger partial charge is 0.257 e. The molecule has 2 atom stereocenters. The minimum atomic E-state index is -0.0149. The highest BCUT2D eigenvalue weighted by atomic mass is 35.5. The molecular weight excluding hydrogens is 300 g/mol. The molecule has 1 aromatic rings. The van der Waals surface area contributed by atoms with Gasteiger partial charge in [-0.3, -0.25) is 4.79 Å². The van der Waals surface area contributed by atoms with E-state index >= 15 is 0 Å². The summed E-state index contributed by atoms with van der Waals surface area (Å²) in [5.41, 5.74) is 6.55. The summed E-state index contributed by atoms with van der Waals surface area (Å²) in [5.74, 6) is 0.954. The third kappa shape index (κ3) is 4.14. The van der Waals surface area contributed by atoms with Gasteiger partial charge in [0.15, 0.2) is 0 Å². The van der Waals surface area contributed by atoms with Crippen molar-refractivity contribution in [3.8, 4) is 5.75 Å². The maximum Gasteiger partial charge on any atom is 0.257 e. The Kier molecular flexibility index (Phi) is 6.09. The molecule has 2 unspecified atom stereocenters. The van der Waals surface area contributed by atoms with Gasteiger partial charge in [0.05, 0.1) is 12.2 Å². The van der Waals surface area contributed by atoms with Crippen LogP contribution in [0.5, 0.6) is 5.75 Å². The normalized spacial score (nSPS) is 19.8. The molecule has 0 saturated carbocycles. The van der Waals surface area contributed by atoms with Gasteiger partial charge in [-0.2, -0.15) is 0 Å². The molecule has 0 bridgehead atoms. The second-order valence-electron chi connectivity index (χ2n) is 6.00. The van der Waals surface area contributed by atoms with Gasteiger partial charge in [-0.25, -0.2) is 0 Å². The Morgan fingerprint density at radius 1 is 1.55 bits per heavy atom. The number of carbonyl (C=O) groups excluding carboxylic acids is 1. The zero-order valence-corrected chi connectivity index (χ0v) is 14.1. The average Bonchev–Trinajstić information content (AvgIpc) is 2.53. The van der Waals surface area contributed by atoms with E-state index in [1.807, 2.05) is 18.7 Å². The van der Waals surface area contributed by atoms with Crippen LogP contribution in [0, 0.1) is 5.92 Å². The zero-order valence-electron chi connectivity index (χ0n) is 13.3. The number of nitrogens with two attached hydrogens (primary N) is 1. The summed E-state index contributed by atoms with van der Waals surface area (Å²) in [5, 5.41) is 0.549. The van der Waals surface area contributed by atoms with Crippen molar-refractivity contribution in [1.29, 1.82) is 0 Å². The molecule has 5 heteroatoms. The lowest BCUT2D eigenvalue weighted by Crippen LogP contribution is -2.45. The van der Waals surface area contributed by atoms with Gasteiger partial charge in [0.25, 0.3) is 5.91 Å². The molecule has 1 amide bonds. The molecule has 0 spiro atoms. The lowest BCUT2D eigenvalue weighted by Gasteiger charge is -2.35. The molecule has 122 valence electrons. The van der Waals surface area contributed by atoms with E-state index in [1.54, 1.807) is 18.2 Å². The predicted octanol–water partition coefficient (Wildman–Crippen LogP) is 3.33. The number of nitrogens with zero attached hydrogens (tertiary/aromatic N) is 1. The predicted molar refractivity (Wildman–Crippen MR) is 89.5 cm³/mol. The maximum atomic E-state index is 12.9. The largest absolute Gasteiger partial charge is 0.493 e. The number of likely N-dealkylation sites (tertiary alicyclic amines) is 1. The molecule has 2 rings (SSSR count). The van der Waals surface area contributed by atoms with Crippen LogP contribution in [-0.4, -0.2) is 36.5 Å². The summed E-state index contributed by atoms with van der Waals surface area (Å²) >= 11 is 6.07. The Labute approximate surface area is 137 Å². The first-order chi connectivity index (χ1) is 10.5. The van der Waals surface area contributed by atoms with Gasteiger partial charge in [0, 0.05) is 24.2 Å². The SMILES string of the molecule is CCCOc1ccc(Cl)cc1C(=O)N1CCCC(C(C)N)C1. The fourth-order valence-corrected chi connectivity index (χ4v) is 2.97. The lowest BCUT2D eigenvalue weighted by molar-refractivity contribution is 0.0656. The summed E-state index contributed by atoms with van der Waals surface area (Å²) in [6.07, 6.45) is 2.96. The first-order valence-electron chi connectivity index (χ1n) is 8.00. The molecule has 22 heavy (non-hydrogen) atoms. The number of benzene rings is 1. The van der Waals surface area contributed by atoms with E-state index in [1.165, 1.54) is 0 Å². The van der Waals surface area contributed by atoms with Crippen LogP contribution in [0.4, 0.5) is 0 Å². The van der Waals surface area contributed by atoms with E-state index in [9.17, 15) is 4.79 Å². The average molecular weight is 325 g/mol. The van der Waals surface area contributed by atoms with Crippen molar-refractivity contribution in [1.82, 2.24) is 4.90 Å². The van der Waals surface area contributed by atoms with Gasteiger partial charge in [-0.05, 0) is 50.3 Å². The minimum Gasteiger partial charge on any atom is -0.493 e. The van der Waals surface area contributed by atoms with Crippen molar-refractivity contribution in [2.75, 3.05) is 19.7 Å². The highest BCUT2D eigenvalue weighted by molar-refractivity contribution is 6.31. The molecule has 2 N–H and O–H groups in total. The van der Waals surface area contributed by atoms with Crippen molar-refractivity contribution in [3.05, 3.63) is 28.8 Å². The molecule has 1 heterocycles. The van der Waals surface area contributed by atoms with Crippen LogP contribution < -0.4 is 10.5 Å². The maximum absolute atomic E-state index is 12.9. The monoisotopic (exact) mass is 324 g/mol. The minimum absolute atomic E-state index is 0.0149. The van der Waals surface area contributed by atoms with E-state index in [0.29, 0.717) is 35.4 Å². The molecule has 1 aromatic carbocycles. The molecular formula is C17H25ClN2O2. The molecule has 0 radical (unpaired) electrons. The summed E-state index contributed by atoms with van der Waals surface area (Å²) < 4.78 is 5.70. The molecule has 1 aliphatic rings. The fraction of sp³-hybridized carbons (Fsp3) is 0.588. The van der Waals surface area contributed by atoms with Crippen LogP contribution in [0.15, 0.2) is 18.2 Å². The Hall–Kier alpha value is -1.26. The second-order valence-corrected chi connectivity index (χ2v) is 6.44. The van der Waals surface area contributed by atoms with E-state index in [4.69, 9.17) is 22.1 Å². The van der Waals surface area contributed by atoms with Gasteiger partial charge in [0.1, 0.15) is 5.75 Å². The van der Waals surface area contributed by atoms with Crippen LogP contribution in [0.1, 0.15) is 43.5 Å². The lowest BCUT2D eigenvalue weighted by atomic mass is 9.92. The zero-order chi connectivity index (χ0) is 16.1. The van der Waals surface area contributed by atoms with Crippen molar-refractivity contribution >= 4 is 17.5 Å². The number of halogens is 1. The number of rotatable bonds is 5. The summed E-state index contributed by atoms with van der Waals surface area (Å²) in [7, 11) is 0. The first-order valence-corrected chi connectivity index (χ1v) is 8.38. The molecule has 0 aromatic heterocycles. The van der Waals surface area contributed by atoms with Crippen LogP contribution >= 0.6 is 11.6 Å². The van der Waals surface area contributed by atoms with Crippen LogP contribution in [0.25, 0.3) is 0 Å². The number of piperidine rings is 1. The van der Waals surface area contributed by atoms with E-state index in [2.05, 4.69) is 0 Å². The van der Waals surface area contributed by atoms with E-state index in [0.717, 1.165) is 25.8 Å². The van der Waals surface area contributed by atoms with Gasteiger partial charge in [-0.15, -0.1) is 0 Å². The number of ether oxygens (including phenoxy) is 1. The summed E-state index contributed by atoms with van der Waals surface area (Å²) in [6, 6.07) is 5.33. The van der Waals surface area contributed by atoms with Crippen LogP contribution in [-0.2, 0) is 0 Å². The first kappa shape index (κ1) is 17.1. The molecule has 1 saturated heterocycles. The van der Waals surface area contributed by atoms with Crippen LogP contribution in [0.2, 0.25) is 5.02 Å². The quantitative estimate of drug-likeness (QED) is 0.903. The molecule has 0 aliphatic carbocycles. The Morgan fingerprint density at radius 2 is 2.32 bits per heavy atom. The van der Waals surface area contributed by atoms with Gasteiger partial charge in [0.2, 0.25) is 0 Å². The summed E-state index contributed by atoms with van der Waals surface area (Å²) in [4.78, 5) is 14.7. The van der Waals surface area contributed by atoms with Crippen molar-refractivity contribution < 1.29 is 9.53 Å². The van der Waals surface area contributed by atoms with Crippen LogP contribution in [0.3, 0.4) is 0 Å². The number of carbonyl (C=O) groups is 1. The third-order valence-electron chi connectivity index (χ3n) is 4.12. The molecule has 4 nitrogen and oxygen atoms in total. The second kappa shape index (κ2) is 7.84. The number of hydrogen-bond acceptors (Lipinski definition) is 3. The molecule has 1 aliphatic heterocycles. The Morgan fingerprint density at radius 3 is 3.00 bits per heavy atom. The number of hydrogen-bond donors (Lipinski definition) is 1. The topological polar surface area (TPSA) is 55.6 Å². The fourth-order valence-electron chi connectivity index (χ4n) is 2.80. The summed E-state index contributed by atoms with van der Waals surface area (Å²) in [6.45, 7) is 6.10. The van der Waals surface area contributed by atoms with Gasteiger partial charge >= 0.3 is 0 Å². The highest BCUT2D eigenvalue weighted by Crippen LogP contribution is 2.27. The molecule has 1 fully saturated rings.